The molecule has 0 radical (unpaired) electrons. The molecular formula is C15H17N2O3S+. The van der Waals surface area contributed by atoms with Gasteiger partial charge in [-0.05, 0) is 17.7 Å². The Balaban J connectivity index is 1.95. The van der Waals surface area contributed by atoms with E-state index < -0.39 is 17.0 Å². The van der Waals surface area contributed by atoms with Crippen molar-refractivity contribution in [3.05, 3.63) is 58.8 Å². The molecule has 1 aromatic heterocycles. The summed E-state index contributed by atoms with van der Waals surface area (Å²) in [6.45, 7) is 1.74. The van der Waals surface area contributed by atoms with Crippen LogP contribution in [-0.4, -0.2) is 18.0 Å². The van der Waals surface area contributed by atoms with Crippen molar-refractivity contribution in [2.75, 3.05) is 0 Å². The Morgan fingerprint density at radius 1 is 1.14 bits per heavy atom. The Hall–Kier alpha value is -2.18. The third-order valence-electron chi connectivity index (χ3n) is 2.63. The van der Waals surface area contributed by atoms with Crippen LogP contribution in [0.2, 0.25) is 0 Å². The van der Waals surface area contributed by atoms with Crippen LogP contribution in [0.3, 0.4) is 0 Å². The first-order chi connectivity index (χ1) is 10.1. The van der Waals surface area contributed by atoms with E-state index in [0.717, 1.165) is 5.56 Å². The predicted molar refractivity (Wildman–Crippen MR) is 81.4 cm³/mol. The Morgan fingerprint density at radius 2 is 1.81 bits per heavy atom. The van der Waals surface area contributed by atoms with Crippen molar-refractivity contribution in [2.24, 2.45) is 0 Å². The average Bonchev–Trinajstić information content (AvgIpc) is 2.98. The zero-order valence-corrected chi connectivity index (χ0v) is 12.4. The molecule has 21 heavy (non-hydrogen) atoms. The second-order valence-electron chi connectivity index (χ2n) is 4.37. The van der Waals surface area contributed by atoms with Crippen LogP contribution in [0.25, 0.3) is 0 Å². The quantitative estimate of drug-likeness (QED) is 0.630. The van der Waals surface area contributed by atoms with Gasteiger partial charge in [-0.25, -0.2) is 0 Å². The topological polar surface area (TPSA) is 67.4 Å². The van der Waals surface area contributed by atoms with Gasteiger partial charge in [-0.2, -0.15) is 0 Å². The zero-order valence-electron chi connectivity index (χ0n) is 11.6. The summed E-state index contributed by atoms with van der Waals surface area (Å²) in [6, 6.07) is 13.2. The van der Waals surface area contributed by atoms with E-state index in [2.05, 4.69) is 10.6 Å². The normalized spacial score (nSPS) is 11.7. The van der Waals surface area contributed by atoms with Crippen molar-refractivity contribution in [2.45, 2.75) is 19.7 Å². The van der Waals surface area contributed by atoms with E-state index in [1.54, 1.807) is 0 Å². The highest BCUT2D eigenvalue weighted by Crippen LogP contribution is 2.14. The van der Waals surface area contributed by atoms with Crippen molar-refractivity contribution in [1.82, 2.24) is 10.6 Å². The molecule has 0 saturated heterocycles. The fourth-order valence-corrected chi connectivity index (χ4v) is 2.73. The van der Waals surface area contributed by atoms with E-state index >= 15 is 0 Å². The molecule has 5 nitrogen and oxygen atoms in total. The van der Waals surface area contributed by atoms with E-state index in [0.29, 0.717) is 6.54 Å². The lowest BCUT2D eigenvalue weighted by Crippen LogP contribution is -2.49. The fourth-order valence-electron chi connectivity index (χ4n) is 1.66. The van der Waals surface area contributed by atoms with Gasteiger partial charge in [-0.15, -0.1) is 4.18 Å². The van der Waals surface area contributed by atoms with Gasteiger partial charge in [-0.3, -0.25) is 9.59 Å². The first-order valence-electron chi connectivity index (χ1n) is 6.48. The number of thiophene rings is 1. The highest BCUT2D eigenvalue weighted by atomic mass is 32.2. The van der Waals surface area contributed by atoms with Crippen LogP contribution in [0.4, 0.5) is 0 Å². The lowest BCUT2D eigenvalue weighted by atomic mass is 10.2. The Kier molecular flexibility index (Phi) is 5.48. The van der Waals surface area contributed by atoms with Crippen LogP contribution in [0.15, 0.2) is 53.2 Å². The maximum atomic E-state index is 12.1. The van der Waals surface area contributed by atoms with Crippen LogP contribution in [0, 0.1) is 0 Å². The second-order valence-corrected chi connectivity index (χ2v) is 5.76. The lowest BCUT2D eigenvalue weighted by Gasteiger charge is -2.13. The predicted octanol–water partition coefficient (Wildman–Crippen LogP) is 1.64. The van der Waals surface area contributed by atoms with E-state index in [9.17, 15) is 9.59 Å². The van der Waals surface area contributed by atoms with Gasteiger partial charge in [-0.1, -0.05) is 30.3 Å². The van der Waals surface area contributed by atoms with Gasteiger partial charge in [0.05, 0.1) is 0 Å². The summed E-state index contributed by atoms with van der Waals surface area (Å²) in [7, 11) is -0.579. The average molecular weight is 305 g/mol. The van der Waals surface area contributed by atoms with E-state index in [1.165, 1.54) is 6.92 Å². The smallest absolute Gasteiger partial charge is 0.276 e. The van der Waals surface area contributed by atoms with Crippen LogP contribution < -0.4 is 14.8 Å². The minimum absolute atomic E-state index is 0.314. The van der Waals surface area contributed by atoms with Gasteiger partial charge in [0, 0.05) is 13.5 Å². The van der Waals surface area contributed by atoms with Crippen LogP contribution >= 0.6 is 10.8 Å². The summed E-state index contributed by atoms with van der Waals surface area (Å²) in [5, 5.41) is 8.93. The summed E-state index contributed by atoms with van der Waals surface area (Å²) in [6.07, 6.45) is -0.998. The summed E-state index contributed by atoms with van der Waals surface area (Å²) in [5.74, 6) is -0.680. The molecule has 2 N–H and O–H groups in total. The molecule has 0 aliphatic rings. The second kappa shape index (κ2) is 7.56. The van der Waals surface area contributed by atoms with Gasteiger partial charge in [0.2, 0.25) is 5.91 Å². The summed E-state index contributed by atoms with van der Waals surface area (Å²) < 4.78 is 5.58. The van der Waals surface area contributed by atoms with Crippen LogP contribution in [0.5, 0.6) is 0 Å². The van der Waals surface area contributed by atoms with Crippen molar-refractivity contribution in [3.8, 4) is 0 Å². The Morgan fingerprint density at radius 3 is 2.43 bits per heavy atom. The zero-order chi connectivity index (χ0) is 15.1. The molecule has 0 fully saturated rings. The molecule has 1 atom stereocenters. The van der Waals surface area contributed by atoms with Crippen molar-refractivity contribution in [3.63, 3.8) is 0 Å². The number of amides is 2. The van der Waals surface area contributed by atoms with Crippen LogP contribution in [0.1, 0.15) is 12.5 Å². The Bertz CT molecular complexity index is 584. The summed E-state index contributed by atoms with van der Waals surface area (Å²) in [4.78, 5) is 23.3. The van der Waals surface area contributed by atoms with E-state index in [4.69, 9.17) is 4.18 Å². The number of hydrogen-bond donors (Lipinski definition) is 2. The maximum absolute atomic E-state index is 12.1. The third kappa shape index (κ3) is 5.02. The van der Waals surface area contributed by atoms with Crippen molar-refractivity contribution < 1.29 is 13.8 Å². The molecule has 2 amide bonds. The molecule has 6 heteroatoms. The molecule has 0 saturated carbocycles. The van der Waals surface area contributed by atoms with Gasteiger partial charge < -0.3 is 10.6 Å². The van der Waals surface area contributed by atoms with Crippen LogP contribution in [-0.2, 0) is 16.1 Å². The standard InChI is InChI=1S/C15H16N2O3S/c1-12(18)17-15(20-21-9-5-6-10-21)14(19)16-11-13-7-3-2-4-8-13/h2-10,15H,11H2,1H3,(H-,16,17,18,19)/p+1. The minimum atomic E-state index is -0.998. The van der Waals surface area contributed by atoms with Crippen molar-refractivity contribution >= 4 is 22.6 Å². The van der Waals surface area contributed by atoms with E-state index in [-0.39, 0.29) is 11.8 Å². The molecular weight excluding hydrogens is 288 g/mol. The lowest BCUT2D eigenvalue weighted by molar-refractivity contribution is -0.133. The minimum Gasteiger partial charge on any atom is -0.348 e. The third-order valence-corrected chi connectivity index (χ3v) is 3.89. The van der Waals surface area contributed by atoms with Gasteiger partial charge in [0.15, 0.2) is 10.8 Å². The molecule has 110 valence electrons. The SMILES string of the molecule is CC(=O)NC(O[s+]1cccc1)C(=O)NCc1ccccc1. The molecule has 0 aliphatic carbocycles. The van der Waals surface area contributed by atoms with E-state index in [1.807, 2.05) is 53.2 Å². The fraction of sp³-hybridized carbons (Fsp3) is 0.200. The number of rotatable bonds is 6. The van der Waals surface area contributed by atoms with Gasteiger partial charge in [0.1, 0.15) is 10.8 Å². The number of nitrogens with one attached hydrogen (secondary N) is 2. The first kappa shape index (κ1) is 15.2. The van der Waals surface area contributed by atoms with Gasteiger partial charge in [0.25, 0.3) is 12.1 Å². The summed E-state index contributed by atoms with van der Waals surface area (Å²) >= 11 is 0. The maximum Gasteiger partial charge on any atom is 0.276 e. The largest absolute Gasteiger partial charge is 0.348 e. The first-order valence-corrected chi connectivity index (χ1v) is 7.75. The molecule has 1 unspecified atom stereocenters. The summed E-state index contributed by atoms with van der Waals surface area (Å²) in [5.41, 5.74) is 0.982. The number of hydrogen-bond acceptors (Lipinski definition) is 3. The van der Waals surface area contributed by atoms with Crippen molar-refractivity contribution in [1.29, 1.82) is 0 Å². The molecule has 2 aromatic rings. The highest BCUT2D eigenvalue weighted by Gasteiger charge is 2.25. The molecule has 1 aromatic carbocycles. The molecule has 0 spiro atoms. The molecule has 0 bridgehead atoms. The molecule has 1 heterocycles. The number of carbonyl (C=O) groups is 2. The van der Waals surface area contributed by atoms with Gasteiger partial charge >= 0.3 is 0 Å². The number of carbonyl (C=O) groups excluding carboxylic acids is 2. The highest BCUT2D eigenvalue weighted by molar-refractivity contribution is 7.23. The molecule has 2 rings (SSSR count). The monoisotopic (exact) mass is 305 g/mol. The Labute approximate surface area is 126 Å². The molecule has 0 aliphatic heterocycles. The number of benzene rings is 1.